The lowest BCUT2D eigenvalue weighted by molar-refractivity contribution is 0.306. The highest BCUT2D eigenvalue weighted by molar-refractivity contribution is 5.81. The summed E-state index contributed by atoms with van der Waals surface area (Å²) in [5.41, 5.74) is 4.18. The molecule has 0 unspecified atom stereocenters. The Morgan fingerprint density at radius 3 is 2.46 bits per heavy atom. The third-order valence-corrected chi connectivity index (χ3v) is 3.98. The summed E-state index contributed by atoms with van der Waals surface area (Å²) in [6.45, 7) is 0.565. The van der Waals surface area contributed by atoms with Crippen molar-refractivity contribution in [2.45, 2.75) is 6.61 Å². The molecule has 0 aliphatic carbocycles. The molecule has 1 aromatic heterocycles. The molecule has 0 fully saturated rings. The largest absolute Gasteiger partial charge is 0.489 e. The van der Waals surface area contributed by atoms with Crippen LogP contribution >= 0.6 is 0 Å². The molecule has 4 aromatic rings. The Bertz CT molecular complexity index is 963. The maximum Gasteiger partial charge on any atom is 0.120 e. The monoisotopic (exact) mass is 311 g/mol. The van der Waals surface area contributed by atoms with Crippen molar-refractivity contribution in [2.75, 3.05) is 0 Å². The van der Waals surface area contributed by atoms with E-state index in [1.807, 2.05) is 54.6 Å². The molecule has 24 heavy (non-hydrogen) atoms. The highest BCUT2D eigenvalue weighted by Crippen LogP contribution is 2.25. The van der Waals surface area contributed by atoms with E-state index in [0.29, 0.717) is 6.61 Å². The summed E-state index contributed by atoms with van der Waals surface area (Å²) in [5, 5.41) is 1.15. The van der Waals surface area contributed by atoms with Crippen LogP contribution in [0.5, 0.6) is 5.75 Å². The van der Waals surface area contributed by atoms with Gasteiger partial charge in [0, 0.05) is 10.9 Å². The average Bonchev–Trinajstić information content (AvgIpc) is 2.67. The minimum absolute atomic E-state index is 0.565. The van der Waals surface area contributed by atoms with Crippen molar-refractivity contribution in [1.82, 2.24) is 4.98 Å². The molecule has 0 N–H and O–H groups in total. The molecule has 0 radical (unpaired) electrons. The van der Waals surface area contributed by atoms with E-state index in [2.05, 4.69) is 36.4 Å². The van der Waals surface area contributed by atoms with E-state index in [0.717, 1.165) is 33.5 Å². The molecule has 2 nitrogen and oxygen atoms in total. The standard InChI is InChI=1S/C22H17NO/c1-2-7-17(8-3-1)16-24-20-11-6-10-19(15-20)22-14-13-18-9-4-5-12-21(18)23-22/h1-15H,16H2. The SMILES string of the molecule is c1ccc(COc2cccc(-c3ccc4ccccc4n3)c2)cc1. The number of ether oxygens (including phenoxy) is 1. The zero-order chi connectivity index (χ0) is 16.2. The van der Waals surface area contributed by atoms with Crippen LogP contribution in [-0.4, -0.2) is 4.98 Å². The van der Waals surface area contributed by atoms with Crippen LogP contribution in [0.1, 0.15) is 5.56 Å². The Kier molecular flexibility index (Phi) is 3.95. The van der Waals surface area contributed by atoms with Crippen LogP contribution in [0.15, 0.2) is 91.0 Å². The molecule has 0 bridgehead atoms. The summed E-state index contributed by atoms with van der Waals surface area (Å²) in [6.07, 6.45) is 0. The molecule has 0 atom stereocenters. The summed E-state index contributed by atoms with van der Waals surface area (Å²) in [4.78, 5) is 4.75. The second-order valence-corrected chi connectivity index (χ2v) is 5.69. The Labute approximate surface area is 141 Å². The molecule has 2 heteroatoms. The van der Waals surface area contributed by atoms with Gasteiger partial charge in [-0.25, -0.2) is 4.98 Å². The van der Waals surface area contributed by atoms with Crippen LogP contribution in [0.2, 0.25) is 0 Å². The van der Waals surface area contributed by atoms with Crippen molar-refractivity contribution in [1.29, 1.82) is 0 Å². The van der Waals surface area contributed by atoms with Crippen LogP contribution in [0.4, 0.5) is 0 Å². The third-order valence-electron chi connectivity index (χ3n) is 3.98. The summed E-state index contributed by atoms with van der Waals surface area (Å²) < 4.78 is 5.91. The van der Waals surface area contributed by atoms with E-state index in [9.17, 15) is 0 Å². The molecule has 1 heterocycles. The quantitative estimate of drug-likeness (QED) is 0.498. The molecule has 0 aliphatic heterocycles. The van der Waals surface area contributed by atoms with Crippen molar-refractivity contribution >= 4 is 10.9 Å². The highest BCUT2D eigenvalue weighted by atomic mass is 16.5. The van der Waals surface area contributed by atoms with Crippen LogP contribution < -0.4 is 4.74 Å². The topological polar surface area (TPSA) is 22.1 Å². The molecule has 0 spiro atoms. The van der Waals surface area contributed by atoms with Crippen LogP contribution in [0.25, 0.3) is 22.2 Å². The van der Waals surface area contributed by atoms with Gasteiger partial charge in [-0.15, -0.1) is 0 Å². The predicted molar refractivity (Wildman–Crippen MR) is 98.0 cm³/mol. The van der Waals surface area contributed by atoms with Gasteiger partial charge in [-0.3, -0.25) is 0 Å². The molecule has 0 amide bonds. The van der Waals surface area contributed by atoms with Gasteiger partial charge in [0.25, 0.3) is 0 Å². The van der Waals surface area contributed by atoms with E-state index < -0.39 is 0 Å². The van der Waals surface area contributed by atoms with Gasteiger partial charge in [0.05, 0.1) is 11.2 Å². The number of fused-ring (bicyclic) bond motifs is 1. The van der Waals surface area contributed by atoms with Gasteiger partial charge in [0.2, 0.25) is 0 Å². The summed E-state index contributed by atoms with van der Waals surface area (Å²) in [6, 6.07) is 30.6. The van der Waals surface area contributed by atoms with Gasteiger partial charge in [0.15, 0.2) is 0 Å². The Hall–Kier alpha value is -3.13. The summed E-state index contributed by atoms with van der Waals surface area (Å²) in [5.74, 6) is 0.853. The fourth-order valence-corrected chi connectivity index (χ4v) is 2.71. The number of para-hydroxylation sites is 1. The van der Waals surface area contributed by atoms with Crippen molar-refractivity contribution in [3.8, 4) is 17.0 Å². The van der Waals surface area contributed by atoms with Gasteiger partial charge in [-0.05, 0) is 29.8 Å². The molecule has 116 valence electrons. The molecule has 0 aliphatic rings. The maximum atomic E-state index is 5.91. The third kappa shape index (κ3) is 3.13. The van der Waals surface area contributed by atoms with E-state index >= 15 is 0 Å². The molecule has 3 aromatic carbocycles. The molecular weight excluding hydrogens is 294 g/mol. The van der Waals surface area contributed by atoms with Gasteiger partial charge in [-0.1, -0.05) is 66.7 Å². The molecule has 4 rings (SSSR count). The second-order valence-electron chi connectivity index (χ2n) is 5.69. The number of hydrogen-bond donors (Lipinski definition) is 0. The van der Waals surface area contributed by atoms with E-state index in [4.69, 9.17) is 9.72 Å². The summed E-state index contributed by atoms with van der Waals surface area (Å²) >= 11 is 0. The van der Waals surface area contributed by atoms with Crippen molar-refractivity contribution in [2.24, 2.45) is 0 Å². The minimum Gasteiger partial charge on any atom is -0.489 e. The first-order valence-corrected chi connectivity index (χ1v) is 8.01. The van der Waals surface area contributed by atoms with Crippen molar-refractivity contribution in [3.05, 3.63) is 96.6 Å². The first-order chi connectivity index (χ1) is 11.9. The lowest BCUT2D eigenvalue weighted by atomic mass is 10.1. The first kappa shape index (κ1) is 14.5. The Morgan fingerprint density at radius 1 is 0.708 bits per heavy atom. The van der Waals surface area contributed by atoms with E-state index in [-0.39, 0.29) is 0 Å². The smallest absolute Gasteiger partial charge is 0.120 e. The van der Waals surface area contributed by atoms with E-state index in [1.54, 1.807) is 0 Å². The number of nitrogens with zero attached hydrogens (tertiary/aromatic N) is 1. The van der Waals surface area contributed by atoms with Gasteiger partial charge in [-0.2, -0.15) is 0 Å². The Morgan fingerprint density at radius 2 is 1.54 bits per heavy atom. The summed E-state index contributed by atoms with van der Waals surface area (Å²) in [7, 11) is 0. The van der Waals surface area contributed by atoms with Crippen molar-refractivity contribution < 1.29 is 4.74 Å². The lowest BCUT2D eigenvalue weighted by Crippen LogP contribution is -1.95. The predicted octanol–water partition coefficient (Wildman–Crippen LogP) is 5.48. The maximum absolute atomic E-state index is 5.91. The van der Waals surface area contributed by atoms with Gasteiger partial charge < -0.3 is 4.74 Å². The lowest BCUT2D eigenvalue weighted by Gasteiger charge is -2.08. The number of rotatable bonds is 4. The van der Waals surface area contributed by atoms with Crippen LogP contribution in [0, 0.1) is 0 Å². The number of benzene rings is 3. The Balaban J connectivity index is 1.59. The molecular formula is C22H17NO. The minimum atomic E-state index is 0.565. The van der Waals surface area contributed by atoms with Gasteiger partial charge >= 0.3 is 0 Å². The van der Waals surface area contributed by atoms with Crippen molar-refractivity contribution in [3.63, 3.8) is 0 Å². The highest BCUT2D eigenvalue weighted by Gasteiger charge is 2.03. The molecule has 0 saturated heterocycles. The van der Waals surface area contributed by atoms with Crippen LogP contribution in [-0.2, 0) is 6.61 Å². The van der Waals surface area contributed by atoms with Crippen LogP contribution in [0.3, 0.4) is 0 Å². The van der Waals surface area contributed by atoms with Gasteiger partial charge in [0.1, 0.15) is 12.4 Å². The van der Waals surface area contributed by atoms with E-state index in [1.165, 1.54) is 0 Å². The fraction of sp³-hybridized carbons (Fsp3) is 0.0455. The molecule has 0 saturated carbocycles. The number of aromatic nitrogens is 1. The zero-order valence-electron chi connectivity index (χ0n) is 13.2. The normalized spacial score (nSPS) is 10.7. The number of hydrogen-bond acceptors (Lipinski definition) is 2. The first-order valence-electron chi connectivity index (χ1n) is 8.01. The second kappa shape index (κ2) is 6.55. The zero-order valence-corrected chi connectivity index (χ0v) is 13.2. The number of pyridine rings is 1. The average molecular weight is 311 g/mol. The fourth-order valence-electron chi connectivity index (χ4n) is 2.71.